The van der Waals surface area contributed by atoms with Crippen LogP contribution in [0, 0.1) is 5.82 Å². The van der Waals surface area contributed by atoms with E-state index in [0.29, 0.717) is 0 Å². The van der Waals surface area contributed by atoms with Gasteiger partial charge in [0.1, 0.15) is 23.0 Å². The first kappa shape index (κ1) is 14.3. The van der Waals surface area contributed by atoms with Crippen molar-refractivity contribution in [2.24, 2.45) is 0 Å². The van der Waals surface area contributed by atoms with Crippen LogP contribution in [0.15, 0.2) is 45.0 Å². The van der Waals surface area contributed by atoms with E-state index in [9.17, 15) is 4.39 Å². The van der Waals surface area contributed by atoms with Crippen LogP contribution in [-0.2, 0) is 0 Å². The lowest BCUT2D eigenvalue weighted by Gasteiger charge is -2.09. The van der Waals surface area contributed by atoms with Crippen LogP contribution >= 0.6 is 27.7 Å². The Bertz CT molecular complexity index is 548. The molecule has 0 atom stereocenters. The van der Waals surface area contributed by atoms with Crippen molar-refractivity contribution in [3.63, 3.8) is 0 Å². The van der Waals surface area contributed by atoms with E-state index in [1.807, 2.05) is 0 Å². The van der Waals surface area contributed by atoms with Crippen molar-refractivity contribution in [1.82, 2.24) is 9.97 Å². The molecular formula is C13H13BrFN3S. The second-order valence-electron chi connectivity index (χ2n) is 3.82. The van der Waals surface area contributed by atoms with Crippen LogP contribution in [0.1, 0.15) is 13.3 Å². The Morgan fingerprint density at radius 1 is 1.26 bits per heavy atom. The van der Waals surface area contributed by atoms with Crippen LogP contribution in [0.2, 0.25) is 0 Å². The lowest BCUT2D eigenvalue weighted by atomic mass is 10.4. The summed E-state index contributed by atoms with van der Waals surface area (Å²) < 4.78 is 13.7. The van der Waals surface area contributed by atoms with Gasteiger partial charge < -0.3 is 5.32 Å². The van der Waals surface area contributed by atoms with Crippen LogP contribution in [0.5, 0.6) is 0 Å². The van der Waals surface area contributed by atoms with Crippen LogP contribution in [0.3, 0.4) is 0 Å². The molecule has 2 aromatic rings. The molecule has 0 radical (unpaired) electrons. The van der Waals surface area contributed by atoms with Crippen LogP contribution < -0.4 is 5.32 Å². The molecule has 0 bridgehead atoms. The van der Waals surface area contributed by atoms with E-state index in [1.54, 1.807) is 12.1 Å². The summed E-state index contributed by atoms with van der Waals surface area (Å²) in [4.78, 5) is 9.36. The highest BCUT2D eigenvalue weighted by Gasteiger charge is 2.09. The number of nitrogens with one attached hydrogen (secondary N) is 1. The Balaban J connectivity index is 2.18. The first-order valence-corrected chi connectivity index (χ1v) is 7.49. The molecular weight excluding hydrogens is 329 g/mol. The zero-order valence-corrected chi connectivity index (χ0v) is 12.8. The number of halogens is 2. The summed E-state index contributed by atoms with van der Waals surface area (Å²) >= 11 is 4.97. The Kier molecular flexibility index (Phi) is 5.15. The number of aromatic nitrogens is 2. The van der Waals surface area contributed by atoms with Gasteiger partial charge in [-0.25, -0.2) is 14.4 Å². The predicted octanol–water partition coefficient (Wildman–Crippen LogP) is 4.35. The van der Waals surface area contributed by atoms with Gasteiger partial charge in [-0.05, 0) is 46.6 Å². The van der Waals surface area contributed by atoms with E-state index in [0.717, 1.165) is 33.2 Å². The molecule has 0 amide bonds. The molecule has 0 saturated carbocycles. The highest BCUT2D eigenvalue weighted by molar-refractivity contribution is 9.10. The number of hydrogen-bond acceptors (Lipinski definition) is 4. The fourth-order valence-electron chi connectivity index (χ4n) is 1.41. The monoisotopic (exact) mass is 341 g/mol. The van der Waals surface area contributed by atoms with Gasteiger partial charge in [-0.3, -0.25) is 0 Å². The number of anilines is 1. The summed E-state index contributed by atoms with van der Waals surface area (Å²) in [5, 5.41) is 4.03. The summed E-state index contributed by atoms with van der Waals surface area (Å²) in [7, 11) is 0. The van der Waals surface area contributed by atoms with Crippen molar-refractivity contribution in [2.75, 3.05) is 11.9 Å². The van der Waals surface area contributed by atoms with E-state index < -0.39 is 0 Å². The molecule has 19 heavy (non-hydrogen) atoms. The highest BCUT2D eigenvalue weighted by Crippen LogP contribution is 2.34. The van der Waals surface area contributed by atoms with E-state index in [4.69, 9.17) is 0 Å². The second kappa shape index (κ2) is 6.86. The highest BCUT2D eigenvalue weighted by atomic mass is 79.9. The van der Waals surface area contributed by atoms with Crippen molar-refractivity contribution in [3.05, 3.63) is 40.9 Å². The van der Waals surface area contributed by atoms with Crippen molar-refractivity contribution in [2.45, 2.75) is 23.3 Å². The number of hydrogen-bond donors (Lipinski definition) is 1. The minimum atomic E-state index is -0.239. The molecule has 1 aromatic heterocycles. The van der Waals surface area contributed by atoms with Gasteiger partial charge in [-0.2, -0.15) is 0 Å². The normalized spacial score (nSPS) is 10.5. The van der Waals surface area contributed by atoms with Crippen molar-refractivity contribution in [1.29, 1.82) is 0 Å². The molecule has 0 saturated heterocycles. The quantitative estimate of drug-likeness (QED) is 0.820. The molecule has 0 aliphatic heterocycles. The van der Waals surface area contributed by atoms with Crippen LogP contribution in [0.25, 0.3) is 0 Å². The Hall–Kier alpha value is -1.14. The van der Waals surface area contributed by atoms with E-state index in [2.05, 4.69) is 38.1 Å². The Morgan fingerprint density at radius 2 is 2.00 bits per heavy atom. The average molecular weight is 342 g/mol. The van der Waals surface area contributed by atoms with E-state index >= 15 is 0 Å². The van der Waals surface area contributed by atoms with E-state index in [-0.39, 0.29) is 5.82 Å². The zero-order valence-electron chi connectivity index (χ0n) is 10.4. The topological polar surface area (TPSA) is 37.8 Å². The molecule has 1 aromatic carbocycles. The van der Waals surface area contributed by atoms with Crippen molar-refractivity contribution >= 4 is 33.5 Å². The first-order valence-electron chi connectivity index (χ1n) is 5.88. The van der Waals surface area contributed by atoms with Gasteiger partial charge in [0.25, 0.3) is 0 Å². The summed E-state index contributed by atoms with van der Waals surface area (Å²) in [5.41, 5.74) is 0. The molecule has 0 fully saturated rings. The molecule has 3 nitrogen and oxygen atoms in total. The third kappa shape index (κ3) is 3.91. The molecule has 0 unspecified atom stereocenters. The molecule has 1 N–H and O–H groups in total. The van der Waals surface area contributed by atoms with Gasteiger partial charge in [0, 0.05) is 11.4 Å². The lowest BCUT2D eigenvalue weighted by molar-refractivity contribution is 0.626. The maximum atomic E-state index is 12.9. The molecule has 100 valence electrons. The predicted molar refractivity (Wildman–Crippen MR) is 79.0 cm³/mol. The summed E-state index contributed by atoms with van der Waals surface area (Å²) in [6.45, 7) is 2.95. The van der Waals surface area contributed by atoms with Gasteiger partial charge >= 0.3 is 0 Å². The van der Waals surface area contributed by atoms with Crippen molar-refractivity contribution in [3.8, 4) is 0 Å². The molecule has 0 spiro atoms. The minimum Gasteiger partial charge on any atom is -0.369 e. The molecule has 1 heterocycles. The summed E-state index contributed by atoms with van der Waals surface area (Å²) in [6, 6.07) is 6.34. The fourth-order valence-corrected chi connectivity index (χ4v) is 2.78. The minimum absolute atomic E-state index is 0.239. The number of nitrogens with zero attached hydrogens (tertiary/aromatic N) is 2. The van der Waals surface area contributed by atoms with E-state index in [1.165, 1.54) is 30.2 Å². The lowest BCUT2D eigenvalue weighted by Crippen LogP contribution is -2.03. The number of rotatable bonds is 5. The molecule has 6 heteroatoms. The largest absolute Gasteiger partial charge is 0.369 e. The molecule has 2 rings (SSSR count). The van der Waals surface area contributed by atoms with Crippen LogP contribution in [-0.4, -0.2) is 16.5 Å². The van der Waals surface area contributed by atoms with Gasteiger partial charge in [0.05, 0.1) is 4.47 Å². The summed E-state index contributed by atoms with van der Waals surface area (Å²) in [6.07, 6.45) is 2.55. The molecule has 0 aliphatic rings. The fraction of sp³-hybridized carbons (Fsp3) is 0.231. The number of benzene rings is 1. The first-order chi connectivity index (χ1) is 9.20. The Labute approximate surface area is 124 Å². The SMILES string of the molecule is CCCNc1ncnc(Sc2ccc(F)cc2)c1Br. The van der Waals surface area contributed by atoms with Crippen LogP contribution in [0.4, 0.5) is 10.2 Å². The maximum Gasteiger partial charge on any atom is 0.144 e. The maximum absolute atomic E-state index is 12.9. The van der Waals surface area contributed by atoms with Gasteiger partial charge in [-0.1, -0.05) is 18.7 Å². The smallest absolute Gasteiger partial charge is 0.144 e. The Morgan fingerprint density at radius 3 is 2.68 bits per heavy atom. The standard InChI is InChI=1S/C13H13BrFN3S/c1-2-7-16-12-11(14)13(18-8-17-12)19-10-5-3-9(15)4-6-10/h3-6,8H,2,7H2,1H3,(H,16,17,18). The van der Waals surface area contributed by atoms with Gasteiger partial charge in [0.15, 0.2) is 0 Å². The second-order valence-corrected chi connectivity index (χ2v) is 5.68. The summed E-state index contributed by atoms with van der Waals surface area (Å²) in [5.74, 6) is 0.540. The van der Waals surface area contributed by atoms with Gasteiger partial charge in [0.2, 0.25) is 0 Å². The molecule has 0 aliphatic carbocycles. The average Bonchev–Trinajstić information content (AvgIpc) is 2.42. The third-order valence-corrected chi connectivity index (χ3v) is 4.35. The third-order valence-electron chi connectivity index (χ3n) is 2.33. The van der Waals surface area contributed by atoms with Crippen molar-refractivity contribution < 1.29 is 4.39 Å². The zero-order chi connectivity index (χ0) is 13.7. The van der Waals surface area contributed by atoms with Gasteiger partial charge in [-0.15, -0.1) is 0 Å².